The predicted octanol–water partition coefficient (Wildman–Crippen LogP) is 3.75. The second kappa shape index (κ2) is 9.37. The van der Waals surface area contributed by atoms with Crippen molar-refractivity contribution in [1.82, 2.24) is 0 Å². The second-order valence-electron chi connectivity index (χ2n) is 5.22. The van der Waals surface area contributed by atoms with Gasteiger partial charge in [-0.2, -0.15) is 0 Å². The molecule has 0 radical (unpaired) electrons. The summed E-state index contributed by atoms with van der Waals surface area (Å²) in [6.45, 7) is 2.83. The molecule has 0 saturated carbocycles. The molecule has 9 heteroatoms. The number of hydrogen-bond donors (Lipinski definition) is 0. The Bertz CT molecular complexity index is 882. The van der Waals surface area contributed by atoms with Crippen LogP contribution in [0.4, 0.5) is 14.5 Å². The van der Waals surface area contributed by atoms with Crippen LogP contribution in [0.1, 0.15) is 31.8 Å². The molecule has 0 amide bonds. The molecule has 2 aromatic carbocycles. The molecule has 0 bridgehead atoms. The molecule has 144 valence electrons. The molecular formula is C18H17F2NO6. The van der Waals surface area contributed by atoms with Crippen LogP contribution in [-0.2, 0) is 9.47 Å². The summed E-state index contributed by atoms with van der Waals surface area (Å²) in [6.07, 6.45) is 0. The number of nitro groups is 1. The third kappa shape index (κ3) is 5.06. The van der Waals surface area contributed by atoms with Gasteiger partial charge in [-0.15, -0.1) is 0 Å². The van der Waals surface area contributed by atoms with E-state index < -0.39 is 34.2 Å². The first kappa shape index (κ1) is 21.7. The van der Waals surface area contributed by atoms with Crippen molar-refractivity contribution >= 4 is 17.6 Å². The summed E-state index contributed by atoms with van der Waals surface area (Å²) in [6, 6.07) is 6.20. The highest BCUT2D eigenvalue weighted by Gasteiger charge is 2.25. The molecule has 0 spiro atoms. The van der Waals surface area contributed by atoms with Crippen molar-refractivity contribution in [3.05, 3.63) is 74.3 Å². The Labute approximate surface area is 153 Å². The van der Waals surface area contributed by atoms with Gasteiger partial charge >= 0.3 is 11.9 Å². The largest absolute Gasteiger partial charge is 0.465 e. The first-order chi connectivity index (χ1) is 12.6. The van der Waals surface area contributed by atoms with Crippen LogP contribution >= 0.6 is 0 Å². The molecule has 2 rings (SSSR count). The SMILES string of the molecule is COC(=O)c1c([N+](=O)[O-])ccc(F)c1C.COC(=O)c1cccc(F)c1C. The summed E-state index contributed by atoms with van der Waals surface area (Å²) in [5.74, 6) is -2.50. The number of esters is 2. The maximum Gasteiger partial charge on any atom is 0.345 e. The minimum atomic E-state index is -0.918. The molecule has 0 heterocycles. The van der Waals surface area contributed by atoms with E-state index >= 15 is 0 Å². The van der Waals surface area contributed by atoms with E-state index in [1.165, 1.54) is 32.2 Å². The van der Waals surface area contributed by atoms with Gasteiger partial charge in [-0.3, -0.25) is 10.1 Å². The smallest absolute Gasteiger partial charge is 0.345 e. The highest BCUT2D eigenvalue weighted by Crippen LogP contribution is 2.24. The summed E-state index contributed by atoms with van der Waals surface area (Å²) >= 11 is 0. The first-order valence-corrected chi connectivity index (χ1v) is 7.50. The van der Waals surface area contributed by atoms with E-state index in [2.05, 4.69) is 9.47 Å². The Hall–Kier alpha value is -3.36. The number of nitrogens with zero attached hydrogens (tertiary/aromatic N) is 1. The number of hydrogen-bond acceptors (Lipinski definition) is 6. The highest BCUT2D eigenvalue weighted by atomic mass is 19.1. The fourth-order valence-corrected chi connectivity index (χ4v) is 2.12. The molecule has 0 N–H and O–H groups in total. The van der Waals surface area contributed by atoms with E-state index in [-0.39, 0.29) is 16.7 Å². The van der Waals surface area contributed by atoms with E-state index in [1.807, 2.05) is 0 Å². The number of carbonyl (C=O) groups is 2. The van der Waals surface area contributed by atoms with Crippen LogP contribution in [0.2, 0.25) is 0 Å². The van der Waals surface area contributed by atoms with Crippen LogP contribution < -0.4 is 0 Å². The lowest BCUT2D eigenvalue weighted by Gasteiger charge is -2.05. The van der Waals surface area contributed by atoms with Gasteiger partial charge in [0, 0.05) is 11.6 Å². The Balaban J connectivity index is 0.000000277. The Kier molecular flexibility index (Phi) is 7.52. The molecule has 0 aliphatic carbocycles. The summed E-state index contributed by atoms with van der Waals surface area (Å²) in [4.78, 5) is 32.0. The lowest BCUT2D eigenvalue weighted by molar-refractivity contribution is -0.385. The van der Waals surface area contributed by atoms with E-state index in [0.717, 1.165) is 19.2 Å². The third-order valence-electron chi connectivity index (χ3n) is 3.64. The van der Waals surface area contributed by atoms with E-state index in [4.69, 9.17) is 0 Å². The van der Waals surface area contributed by atoms with Crippen molar-refractivity contribution in [3.8, 4) is 0 Å². The van der Waals surface area contributed by atoms with Gasteiger partial charge in [0.15, 0.2) is 0 Å². The highest BCUT2D eigenvalue weighted by molar-refractivity contribution is 5.95. The molecule has 0 fully saturated rings. The van der Waals surface area contributed by atoms with Gasteiger partial charge in [0.2, 0.25) is 0 Å². The molecule has 0 aromatic heterocycles. The number of benzene rings is 2. The maximum atomic E-state index is 13.1. The fourth-order valence-electron chi connectivity index (χ4n) is 2.12. The molecule has 2 aromatic rings. The normalized spacial score (nSPS) is 9.70. The van der Waals surface area contributed by atoms with Gasteiger partial charge in [-0.05, 0) is 37.6 Å². The lowest BCUT2D eigenvalue weighted by atomic mass is 10.1. The summed E-state index contributed by atoms with van der Waals surface area (Å²) < 4.78 is 34.8. The van der Waals surface area contributed by atoms with Gasteiger partial charge in [0.25, 0.3) is 5.69 Å². The average Bonchev–Trinajstić information content (AvgIpc) is 2.65. The molecular weight excluding hydrogens is 364 g/mol. The van der Waals surface area contributed by atoms with Crippen LogP contribution in [0, 0.1) is 35.6 Å². The first-order valence-electron chi connectivity index (χ1n) is 7.50. The van der Waals surface area contributed by atoms with Crippen molar-refractivity contribution in [2.45, 2.75) is 13.8 Å². The second-order valence-corrected chi connectivity index (χ2v) is 5.22. The van der Waals surface area contributed by atoms with E-state index in [1.54, 1.807) is 6.92 Å². The Morgan fingerprint density at radius 1 is 0.926 bits per heavy atom. The number of methoxy groups -OCH3 is 2. The predicted molar refractivity (Wildman–Crippen MR) is 91.6 cm³/mol. The topological polar surface area (TPSA) is 95.7 Å². The zero-order chi connectivity index (χ0) is 20.7. The maximum absolute atomic E-state index is 13.1. The Morgan fingerprint density at radius 3 is 2.00 bits per heavy atom. The monoisotopic (exact) mass is 381 g/mol. The average molecular weight is 381 g/mol. The van der Waals surface area contributed by atoms with Crippen molar-refractivity contribution in [2.75, 3.05) is 14.2 Å². The zero-order valence-electron chi connectivity index (χ0n) is 15.0. The van der Waals surface area contributed by atoms with Crippen LogP contribution in [0.25, 0.3) is 0 Å². The van der Waals surface area contributed by atoms with Gasteiger partial charge in [0.1, 0.15) is 17.2 Å². The number of rotatable bonds is 3. The van der Waals surface area contributed by atoms with Crippen LogP contribution in [0.3, 0.4) is 0 Å². The number of halogens is 2. The van der Waals surface area contributed by atoms with Gasteiger partial charge in [-0.25, -0.2) is 18.4 Å². The standard InChI is InChI=1S/C9H8FNO4.C9H9FO2/c1-5-6(10)3-4-7(11(13)14)8(5)9(12)15-2;1-6-7(9(11)12-2)4-3-5-8(6)10/h3-4H,1-2H3;3-5H,1-2H3. The minimum Gasteiger partial charge on any atom is -0.465 e. The number of carbonyl (C=O) groups excluding carboxylic acids is 2. The van der Waals surface area contributed by atoms with Gasteiger partial charge in [0.05, 0.1) is 24.7 Å². The number of nitro benzene ring substituents is 1. The molecule has 7 nitrogen and oxygen atoms in total. The van der Waals surface area contributed by atoms with Crippen LogP contribution in [0.15, 0.2) is 30.3 Å². The molecule has 0 aliphatic rings. The number of ether oxygens (including phenoxy) is 2. The molecule has 0 saturated heterocycles. The zero-order valence-corrected chi connectivity index (χ0v) is 15.0. The fraction of sp³-hybridized carbons (Fsp3) is 0.222. The van der Waals surface area contributed by atoms with Crippen molar-refractivity contribution in [3.63, 3.8) is 0 Å². The summed E-state index contributed by atoms with van der Waals surface area (Å²) in [7, 11) is 2.35. The molecule has 0 aliphatic heterocycles. The molecule has 27 heavy (non-hydrogen) atoms. The van der Waals surface area contributed by atoms with Crippen LogP contribution in [-0.4, -0.2) is 31.1 Å². The van der Waals surface area contributed by atoms with Crippen molar-refractivity contribution in [1.29, 1.82) is 0 Å². The molecule has 0 unspecified atom stereocenters. The lowest BCUT2D eigenvalue weighted by Crippen LogP contribution is -2.09. The van der Waals surface area contributed by atoms with Crippen molar-refractivity contribution < 1.29 is 32.8 Å². The Morgan fingerprint density at radius 2 is 1.48 bits per heavy atom. The molecule has 0 atom stereocenters. The van der Waals surface area contributed by atoms with E-state index in [9.17, 15) is 28.5 Å². The van der Waals surface area contributed by atoms with Crippen LogP contribution in [0.5, 0.6) is 0 Å². The quantitative estimate of drug-likeness (QED) is 0.456. The third-order valence-corrected chi connectivity index (χ3v) is 3.64. The van der Waals surface area contributed by atoms with Gasteiger partial charge < -0.3 is 9.47 Å². The van der Waals surface area contributed by atoms with E-state index in [0.29, 0.717) is 5.56 Å². The van der Waals surface area contributed by atoms with Crippen molar-refractivity contribution in [2.24, 2.45) is 0 Å². The summed E-state index contributed by atoms with van der Waals surface area (Å²) in [5, 5.41) is 10.6. The van der Waals surface area contributed by atoms with Gasteiger partial charge in [-0.1, -0.05) is 6.07 Å². The summed E-state index contributed by atoms with van der Waals surface area (Å²) in [5.41, 5.74) is -0.291. The minimum absolute atomic E-state index is 0.0870.